The second-order valence-corrected chi connectivity index (χ2v) is 3.04. The van der Waals surface area contributed by atoms with Gasteiger partial charge in [-0.2, -0.15) is 0 Å². The average molecular weight is 219 g/mol. The Morgan fingerprint density at radius 3 is 2.69 bits per heavy atom. The van der Waals surface area contributed by atoms with Gasteiger partial charge in [0, 0.05) is 5.56 Å². The number of ether oxygens (including phenoxy) is 1. The van der Waals surface area contributed by atoms with Crippen molar-refractivity contribution in [1.82, 2.24) is 5.32 Å². The van der Waals surface area contributed by atoms with Gasteiger partial charge in [-0.05, 0) is 31.3 Å². The number of hydrogen-bond acceptors (Lipinski definition) is 3. The molecule has 0 amide bonds. The molecule has 0 saturated heterocycles. The summed E-state index contributed by atoms with van der Waals surface area (Å²) in [4.78, 5) is 10.3. The first-order valence-corrected chi connectivity index (χ1v) is 4.80. The van der Waals surface area contributed by atoms with E-state index in [0.717, 1.165) is 5.56 Å². The van der Waals surface area contributed by atoms with Gasteiger partial charge in [-0.25, -0.2) is 4.79 Å². The van der Waals surface area contributed by atoms with Crippen LogP contribution in [0.3, 0.4) is 0 Å². The van der Waals surface area contributed by atoms with Gasteiger partial charge in [0.2, 0.25) is 0 Å². The molecule has 0 aliphatic carbocycles. The van der Waals surface area contributed by atoms with Crippen LogP contribution >= 0.6 is 0 Å². The fourth-order valence-corrected chi connectivity index (χ4v) is 1.01. The molecule has 1 rings (SSSR count). The molecule has 0 bridgehead atoms. The number of rotatable bonds is 4. The lowest BCUT2D eigenvalue weighted by Crippen LogP contribution is -2.09. The molecule has 0 aromatic heterocycles. The van der Waals surface area contributed by atoms with E-state index < -0.39 is 5.97 Å². The van der Waals surface area contributed by atoms with Crippen molar-refractivity contribution in [3.05, 3.63) is 29.8 Å². The molecular weight excluding hydrogens is 206 g/mol. The van der Waals surface area contributed by atoms with E-state index in [1.165, 1.54) is 0 Å². The van der Waals surface area contributed by atoms with Crippen molar-refractivity contribution in [1.29, 1.82) is 0 Å². The monoisotopic (exact) mass is 219 g/mol. The van der Waals surface area contributed by atoms with Crippen LogP contribution in [-0.4, -0.2) is 31.3 Å². The Labute approximate surface area is 94.2 Å². The number of carboxylic acids is 1. The van der Waals surface area contributed by atoms with Crippen molar-refractivity contribution in [3.63, 3.8) is 0 Å². The minimum absolute atomic E-state index is 0.329. The lowest BCUT2D eigenvalue weighted by Gasteiger charge is -2.01. The fourth-order valence-electron chi connectivity index (χ4n) is 1.01. The highest BCUT2D eigenvalue weighted by Gasteiger charge is 1.98. The summed E-state index contributed by atoms with van der Waals surface area (Å²) in [6.45, 7) is 0.308. The molecule has 16 heavy (non-hydrogen) atoms. The van der Waals surface area contributed by atoms with Gasteiger partial charge in [0.15, 0.2) is 6.61 Å². The average Bonchev–Trinajstić information content (AvgIpc) is 2.28. The maximum atomic E-state index is 10.3. The Bertz CT molecular complexity index is 401. The number of carbonyl (C=O) groups is 1. The summed E-state index contributed by atoms with van der Waals surface area (Å²) in [7, 11) is 1.83. The highest BCUT2D eigenvalue weighted by Crippen LogP contribution is 2.11. The molecule has 84 valence electrons. The first-order chi connectivity index (χ1) is 7.72. The number of benzene rings is 1. The summed E-state index contributed by atoms with van der Waals surface area (Å²) >= 11 is 0. The van der Waals surface area contributed by atoms with Crippen LogP contribution in [0.15, 0.2) is 24.3 Å². The number of hydrogen-bond donors (Lipinski definition) is 2. The summed E-state index contributed by atoms with van der Waals surface area (Å²) in [5.41, 5.74) is 0.873. The molecule has 1 aromatic rings. The highest BCUT2D eigenvalue weighted by atomic mass is 16.5. The molecule has 0 unspecified atom stereocenters. The predicted octanol–water partition coefficient (Wildman–Crippen LogP) is 0.721. The van der Waals surface area contributed by atoms with E-state index >= 15 is 0 Å². The van der Waals surface area contributed by atoms with Crippen molar-refractivity contribution in [2.24, 2.45) is 0 Å². The van der Waals surface area contributed by atoms with Crippen LogP contribution in [0.4, 0.5) is 0 Å². The Balaban J connectivity index is 2.55. The van der Waals surface area contributed by atoms with Gasteiger partial charge in [0.05, 0.1) is 6.54 Å². The molecule has 0 spiro atoms. The van der Waals surface area contributed by atoms with E-state index in [-0.39, 0.29) is 6.61 Å². The van der Waals surface area contributed by atoms with Crippen LogP contribution in [0.1, 0.15) is 5.56 Å². The smallest absolute Gasteiger partial charge is 0.341 e. The van der Waals surface area contributed by atoms with Gasteiger partial charge in [0.1, 0.15) is 5.75 Å². The Kier molecular flexibility index (Phi) is 4.90. The van der Waals surface area contributed by atoms with Gasteiger partial charge in [-0.15, -0.1) is 0 Å². The molecule has 0 radical (unpaired) electrons. The van der Waals surface area contributed by atoms with E-state index in [2.05, 4.69) is 17.2 Å². The van der Waals surface area contributed by atoms with E-state index in [0.29, 0.717) is 12.3 Å². The van der Waals surface area contributed by atoms with Crippen LogP contribution in [0.5, 0.6) is 5.75 Å². The molecule has 4 heteroatoms. The van der Waals surface area contributed by atoms with E-state index in [4.69, 9.17) is 9.84 Å². The summed E-state index contributed by atoms with van der Waals surface area (Å²) in [5, 5.41) is 11.3. The molecule has 0 atom stereocenters. The molecule has 0 aliphatic rings. The van der Waals surface area contributed by atoms with Crippen molar-refractivity contribution in [3.8, 4) is 17.6 Å². The predicted molar refractivity (Wildman–Crippen MR) is 60.4 cm³/mol. The third kappa shape index (κ3) is 4.49. The minimum Gasteiger partial charge on any atom is -0.482 e. The zero-order valence-electron chi connectivity index (χ0n) is 8.99. The van der Waals surface area contributed by atoms with Crippen LogP contribution in [-0.2, 0) is 4.79 Å². The summed E-state index contributed by atoms with van der Waals surface area (Å²) in [6, 6.07) is 6.98. The molecule has 0 aliphatic heterocycles. The zero-order chi connectivity index (χ0) is 11.8. The lowest BCUT2D eigenvalue weighted by atomic mass is 10.2. The van der Waals surface area contributed by atoms with Gasteiger partial charge >= 0.3 is 5.97 Å². The molecule has 2 N–H and O–H groups in total. The Morgan fingerprint density at radius 2 is 2.12 bits per heavy atom. The normalized spacial score (nSPS) is 9.06. The number of carboxylic acid groups (broad SMARTS) is 1. The molecule has 0 heterocycles. The van der Waals surface area contributed by atoms with Gasteiger partial charge < -0.3 is 15.2 Å². The van der Waals surface area contributed by atoms with E-state index in [1.807, 2.05) is 7.05 Å². The van der Waals surface area contributed by atoms with Gasteiger partial charge in [0.25, 0.3) is 0 Å². The molecule has 4 nitrogen and oxygen atoms in total. The lowest BCUT2D eigenvalue weighted by molar-refractivity contribution is -0.139. The molecular formula is C12H13NO3. The SMILES string of the molecule is CNCC#Cc1ccc(OCC(=O)O)cc1. The second-order valence-electron chi connectivity index (χ2n) is 3.04. The second kappa shape index (κ2) is 6.49. The third-order valence-electron chi connectivity index (χ3n) is 1.71. The van der Waals surface area contributed by atoms with Crippen molar-refractivity contribution >= 4 is 5.97 Å². The van der Waals surface area contributed by atoms with Gasteiger partial charge in [-0.3, -0.25) is 0 Å². The van der Waals surface area contributed by atoms with Crippen molar-refractivity contribution in [2.45, 2.75) is 0 Å². The van der Waals surface area contributed by atoms with Gasteiger partial charge in [-0.1, -0.05) is 11.8 Å². The van der Waals surface area contributed by atoms with Crippen molar-refractivity contribution in [2.75, 3.05) is 20.2 Å². The largest absolute Gasteiger partial charge is 0.482 e. The quantitative estimate of drug-likeness (QED) is 0.733. The van der Waals surface area contributed by atoms with Crippen LogP contribution < -0.4 is 10.1 Å². The summed E-state index contributed by atoms with van der Waals surface area (Å²) in [5.74, 6) is 5.42. The first-order valence-electron chi connectivity index (χ1n) is 4.80. The summed E-state index contributed by atoms with van der Waals surface area (Å²) in [6.07, 6.45) is 0. The van der Waals surface area contributed by atoms with E-state index in [9.17, 15) is 4.79 Å². The maximum absolute atomic E-state index is 10.3. The van der Waals surface area contributed by atoms with Crippen LogP contribution in [0.25, 0.3) is 0 Å². The van der Waals surface area contributed by atoms with E-state index in [1.54, 1.807) is 24.3 Å². The van der Waals surface area contributed by atoms with Crippen LogP contribution in [0, 0.1) is 11.8 Å². The molecule has 1 aromatic carbocycles. The third-order valence-corrected chi connectivity index (χ3v) is 1.71. The first kappa shape index (κ1) is 12.1. The Morgan fingerprint density at radius 1 is 1.44 bits per heavy atom. The van der Waals surface area contributed by atoms with Crippen molar-refractivity contribution < 1.29 is 14.6 Å². The van der Waals surface area contributed by atoms with Crippen LogP contribution in [0.2, 0.25) is 0 Å². The summed E-state index contributed by atoms with van der Waals surface area (Å²) < 4.78 is 4.99. The fraction of sp³-hybridized carbons (Fsp3) is 0.250. The number of aliphatic carboxylic acids is 1. The maximum Gasteiger partial charge on any atom is 0.341 e. The molecule has 0 saturated carbocycles. The zero-order valence-corrected chi connectivity index (χ0v) is 8.99. The highest BCUT2D eigenvalue weighted by molar-refractivity contribution is 5.68. The standard InChI is InChI=1S/C12H13NO3/c1-13-8-2-3-10-4-6-11(7-5-10)16-9-12(14)15/h4-7,13H,8-9H2,1H3,(H,14,15). The topological polar surface area (TPSA) is 58.6 Å². The number of nitrogens with one attached hydrogen (secondary N) is 1. The minimum atomic E-state index is -0.988. The Hall–Kier alpha value is -1.99. The molecule has 0 fully saturated rings.